The highest BCUT2D eigenvalue weighted by Crippen LogP contribution is 2.33. The first-order chi connectivity index (χ1) is 9.52. The van der Waals surface area contributed by atoms with Crippen molar-refractivity contribution in [3.8, 4) is 5.75 Å². The summed E-state index contributed by atoms with van der Waals surface area (Å²) in [5.74, 6) is 0.298. The Labute approximate surface area is 132 Å². The van der Waals surface area contributed by atoms with E-state index < -0.39 is 0 Å². The van der Waals surface area contributed by atoms with E-state index in [9.17, 15) is 5.11 Å². The zero-order chi connectivity index (χ0) is 14.7. The van der Waals surface area contributed by atoms with Crippen LogP contribution in [0.25, 0.3) is 0 Å². The third-order valence-electron chi connectivity index (χ3n) is 3.37. The monoisotopic (exact) mass is 353 g/mol. The second-order valence-electron chi connectivity index (χ2n) is 4.72. The molecule has 0 radical (unpaired) electrons. The molecule has 106 valence electrons. The third-order valence-corrected chi connectivity index (χ3v) is 4.27. The fourth-order valence-corrected chi connectivity index (χ4v) is 2.71. The van der Waals surface area contributed by atoms with Crippen LogP contribution in [0.2, 0.25) is 5.02 Å². The molecule has 0 fully saturated rings. The van der Waals surface area contributed by atoms with E-state index >= 15 is 0 Å². The molecule has 0 saturated heterocycles. The Morgan fingerprint density at radius 1 is 1.30 bits per heavy atom. The Kier molecular flexibility index (Phi) is 4.95. The topological polar surface area (TPSA) is 32.3 Å². The summed E-state index contributed by atoms with van der Waals surface area (Å²) < 4.78 is 0.952. The minimum absolute atomic E-state index is 0.0321. The van der Waals surface area contributed by atoms with Gasteiger partial charge < -0.3 is 10.4 Å². The van der Waals surface area contributed by atoms with Crippen molar-refractivity contribution in [1.82, 2.24) is 0 Å². The van der Waals surface area contributed by atoms with Crippen LogP contribution in [0.3, 0.4) is 0 Å². The normalized spacial score (nSPS) is 12.2. The number of hydrogen-bond donors (Lipinski definition) is 2. The zero-order valence-corrected chi connectivity index (χ0v) is 13.8. The van der Waals surface area contributed by atoms with Gasteiger partial charge in [0.05, 0.1) is 6.04 Å². The summed E-state index contributed by atoms with van der Waals surface area (Å²) in [7, 11) is 0. The molecule has 0 aliphatic rings. The number of hydrogen-bond acceptors (Lipinski definition) is 2. The summed E-state index contributed by atoms with van der Waals surface area (Å²) in [6.45, 7) is 4.07. The quantitative estimate of drug-likeness (QED) is 0.740. The standard InChI is InChI=1S/C16H17BrClNO/c1-3-14(12-9-11(17)7-8-16(12)20)19-15-6-4-5-13(18)10(15)2/h4-9,14,19-20H,3H2,1-2H3. The lowest BCUT2D eigenvalue weighted by Gasteiger charge is -2.21. The van der Waals surface area contributed by atoms with Crippen LogP contribution < -0.4 is 5.32 Å². The number of anilines is 1. The first-order valence-electron chi connectivity index (χ1n) is 6.53. The van der Waals surface area contributed by atoms with Crippen LogP contribution in [0.15, 0.2) is 40.9 Å². The lowest BCUT2D eigenvalue weighted by atomic mass is 10.0. The number of phenols is 1. The molecule has 0 aromatic heterocycles. The molecule has 0 aliphatic carbocycles. The average molecular weight is 355 g/mol. The molecular formula is C16H17BrClNO. The van der Waals surface area contributed by atoms with E-state index in [-0.39, 0.29) is 6.04 Å². The summed E-state index contributed by atoms with van der Waals surface area (Å²) in [6, 6.07) is 11.3. The lowest BCUT2D eigenvalue weighted by Crippen LogP contribution is -2.11. The molecule has 0 amide bonds. The number of halogens is 2. The fraction of sp³-hybridized carbons (Fsp3) is 0.250. The predicted octanol–water partition coefficient (Wildman–Crippen LogP) is 5.68. The maximum atomic E-state index is 10.1. The molecule has 20 heavy (non-hydrogen) atoms. The second-order valence-corrected chi connectivity index (χ2v) is 6.04. The van der Waals surface area contributed by atoms with Crippen LogP contribution >= 0.6 is 27.5 Å². The fourth-order valence-electron chi connectivity index (χ4n) is 2.16. The van der Waals surface area contributed by atoms with E-state index in [0.29, 0.717) is 5.75 Å². The number of nitrogens with one attached hydrogen (secondary N) is 1. The molecule has 2 nitrogen and oxygen atoms in total. The van der Waals surface area contributed by atoms with Gasteiger partial charge in [-0.2, -0.15) is 0 Å². The van der Waals surface area contributed by atoms with Crippen molar-refractivity contribution < 1.29 is 5.11 Å². The van der Waals surface area contributed by atoms with E-state index in [2.05, 4.69) is 28.2 Å². The molecule has 2 aromatic carbocycles. The summed E-state index contributed by atoms with van der Waals surface area (Å²) in [6.07, 6.45) is 0.857. The van der Waals surface area contributed by atoms with Gasteiger partial charge in [0.1, 0.15) is 5.75 Å². The molecule has 2 N–H and O–H groups in total. The highest BCUT2D eigenvalue weighted by Gasteiger charge is 2.15. The van der Waals surface area contributed by atoms with E-state index in [4.69, 9.17) is 11.6 Å². The Hall–Kier alpha value is -1.19. The van der Waals surface area contributed by atoms with Gasteiger partial charge in [0.15, 0.2) is 0 Å². The molecule has 0 heterocycles. The molecule has 2 rings (SSSR count). The first-order valence-corrected chi connectivity index (χ1v) is 7.70. The smallest absolute Gasteiger partial charge is 0.120 e. The van der Waals surface area contributed by atoms with Crippen molar-refractivity contribution in [1.29, 1.82) is 0 Å². The van der Waals surface area contributed by atoms with Crippen LogP contribution in [0, 0.1) is 6.92 Å². The largest absolute Gasteiger partial charge is 0.508 e. The Bertz CT molecular complexity index is 615. The molecule has 1 unspecified atom stereocenters. The number of rotatable bonds is 4. The molecule has 0 saturated carbocycles. The van der Waals surface area contributed by atoms with Crippen LogP contribution in [-0.4, -0.2) is 5.11 Å². The maximum Gasteiger partial charge on any atom is 0.120 e. The van der Waals surface area contributed by atoms with Crippen molar-refractivity contribution in [3.63, 3.8) is 0 Å². The minimum Gasteiger partial charge on any atom is -0.508 e. The minimum atomic E-state index is 0.0321. The van der Waals surface area contributed by atoms with Gasteiger partial charge in [-0.05, 0) is 49.2 Å². The SMILES string of the molecule is CCC(Nc1cccc(Cl)c1C)c1cc(Br)ccc1O. The number of benzene rings is 2. The van der Waals surface area contributed by atoms with Gasteiger partial charge in [0.2, 0.25) is 0 Å². The second kappa shape index (κ2) is 6.51. The first kappa shape index (κ1) is 15.2. The Morgan fingerprint density at radius 2 is 2.05 bits per heavy atom. The van der Waals surface area contributed by atoms with Crippen LogP contribution in [0.5, 0.6) is 5.75 Å². The third kappa shape index (κ3) is 3.28. The Morgan fingerprint density at radius 3 is 2.75 bits per heavy atom. The van der Waals surface area contributed by atoms with Crippen molar-refractivity contribution >= 4 is 33.2 Å². The van der Waals surface area contributed by atoms with Gasteiger partial charge in [0, 0.05) is 20.7 Å². The van der Waals surface area contributed by atoms with Crippen molar-refractivity contribution in [2.24, 2.45) is 0 Å². The van der Waals surface area contributed by atoms with Crippen molar-refractivity contribution in [2.75, 3.05) is 5.32 Å². The van der Waals surface area contributed by atoms with Gasteiger partial charge in [0.25, 0.3) is 0 Å². The summed E-state index contributed by atoms with van der Waals surface area (Å²) >= 11 is 9.59. The molecule has 4 heteroatoms. The van der Waals surface area contributed by atoms with Crippen LogP contribution in [-0.2, 0) is 0 Å². The molecule has 0 spiro atoms. The molecule has 0 bridgehead atoms. The van der Waals surface area contributed by atoms with E-state index in [1.165, 1.54) is 0 Å². The van der Waals surface area contributed by atoms with Gasteiger partial charge in [-0.3, -0.25) is 0 Å². The van der Waals surface area contributed by atoms with Gasteiger partial charge in [-0.1, -0.05) is 40.5 Å². The van der Waals surface area contributed by atoms with Crippen molar-refractivity contribution in [3.05, 3.63) is 57.0 Å². The van der Waals surface area contributed by atoms with Gasteiger partial charge in [-0.25, -0.2) is 0 Å². The number of phenolic OH excluding ortho intramolecular Hbond substituents is 1. The molecular weight excluding hydrogens is 338 g/mol. The summed E-state index contributed by atoms with van der Waals surface area (Å²) in [5.41, 5.74) is 2.88. The van der Waals surface area contributed by atoms with E-state index in [1.807, 2.05) is 37.3 Å². The van der Waals surface area contributed by atoms with E-state index in [1.54, 1.807) is 6.07 Å². The maximum absolute atomic E-state index is 10.1. The van der Waals surface area contributed by atoms with Crippen LogP contribution in [0.1, 0.15) is 30.5 Å². The molecule has 1 atom stereocenters. The highest BCUT2D eigenvalue weighted by molar-refractivity contribution is 9.10. The lowest BCUT2D eigenvalue weighted by molar-refractivity contribution is 0.462. The van der Waals surface area contributed by atoms with Gasteiger partial charge >= 0.3 is 0 Å². The zero-order valence-electron chi connectivity index (χ0n) is 11.5. The Balaban J connectivity index is 2.34. The summed E-state index contributed by atoms with van der Waals surface area (Å²) in [4.78, 5) is 0. The molecule has 0 aliphatic heterocycles. The summed E-state index contributed by atoms with van der Waals surface area (Å²) in [5, 5.41) is 14.2. The predicted molar refractivity (Wildman–Crippen MR) is 88.7 cm³/mol. The van der Waals surface area contributed by atoms with Crippen molar-refractivity contribution in [2.45, 2.75) is 26.3 Å². The number of aromatic hydroxyl groups is 1. The molecule has 2 aromatic rings. The van der Waals surface area contributed by atoms with E-state index in [0.717, 1.165) is 32.7 Å². The highest BCUT2D eigenvalue weighted by atomic mass is 79.9. The van der Waals surface area contributed by atoms with Gasteiger partial charge in [-0.15, -0.1) is 0 Å². The van der Waals surface area contributed by atoms with Crippen LogP contribution in [0.4, 0.5) is 5.69 Å². The average Bonchev–Trinajstić information content (AvgIpc) is 2.43.